The molecule has 0 spiro atoms. The molecular weight excluding hydrogens is 657 g/mol. The molecule has 4 amide bonds. The average molecular weight is 690 g/mol. The number of benzene rings is 4. The van der Waals surface area contributed by atoms with Crippen molar-refractivity contribution < 1.29 is 28.7 Å². The number of amides is 4. The molecule has 2 heterocycles. The van der Waals surface area contributed by atoms with Gasteiger partial charge in [0.15, 0.2) is 0 Å². The molecule has 2 aliphatic carbocycles. The Kier molecular flexibility index (Phi) is 7.45. The number of hydrogen-bond donors (Lipinski definition) is 2. The Morgan fingerprint density at radius 3 is 2.24 bits per heavy atom. The van der Waals surface area contributed by atoms with Crippen molar-refractivity contribution in [2.45, 2.75) is 32.6 Å². The predicted octanol–water partition coefficient (Wildman–Crippen LogP) is 7.67. The summed E-state index contributed by atoms with van der Waals surface area (Å²) in [6.07, 6.45) is 2.36. The molecule has 4 aromatic carbocycles. The van der Waals surface area contributed by atoms with Crippen LogP contribution in [0.3, 0.4) is 0 Å². The van der Waals surface area contributed by atoms with E-state index in [1.54, 1.807) is 44.2 Å². The average Bonchev–Trinajstić information content (AvgIpc) is 3.48. The molecule has 3 fully saturated rings. The van der Waals surface area contributed by atoms with E-state index in [-0.39, 0.29) is 41.1 Å². The second-order valence-electron chi connectivity index (χ2n) is 13.8. The zero-order chi connectivity index (χ0) is 35.1. The first-order chi connectivity index (χ1) is 24.0. The van der Waals surface area contributed by atoms with Gasteiger partial charge in [0.05, 0.1) is 39.6 Å². The van der Waals surface area contributed by atoms with Crippen molar-refractivity contribution in [3.63, 3.8) is 0 Å². The van der Waals surface area contributed by atoms with E-state index in [4.69, 9.17) is 11.6 Å². The number of halogens is 2. The Labute approximate surface area is 293 Å². The van der Waals surface area contributed by atoms with Gasteiger partial charge in [0.25, 0.3) is 0 Å². The van der Waals surface area contributed by atoms with Gasteiger partial charge in [0, 0.05) is 22.9 Å². The minimum absolute atomic E-state index is 0.00401. The van der Waals surface area contributed by atoms with Crippen molar-refractivity contribution in [3.05, 3.63) is 125 Å². The number of aromatic hydroxyl groups is 1. The molecule has 50 heavy (non-hydrogen) atoms. The topological polar surface area (TPSA) is 107 Å². The molecule has 4 aromatic rings. The number of phenols is 1. The third kappa shape index (κ3) is 4.63. The lowest BCUT2D eigenvalue weighted by atomic mass is 9.51. The van der Waals surface area contributed by atoms with Crippen molar-refractivity contribution in [1.29, 1.82) is 0 Å². The fraction of sp³-hybridized carbons (Fsp3) is 0.250. The first kappa shape index (κ1) is 32.0. The van der Waals surface area contributed by atoms with Crippen molar-refractivity contribution in [3.8, 4) is 5.75 Å². The number of carbonyl (C=O) groups excluding carboxylic acids is 4. The monoisotopic (exact) mass is 689 g/mol. The number of anilines is 4. The molecule has 4 aliphatic rings. The second kappa shape index (κ2) is 11.7. The van der Waals surface area contributed by atoms with E-state index in [1.807, 2.05) is 48.5 Å². The SMILES string of the molecule is Cc1cccc([C@H]2C3=CC[C@@H]4C(=O)N(c5ccc(Nc6ccccc6)cc5)C(=O)[C@@H]4[C@@H]3C[C@H]3C(=O)N(c4ccc(F)c(Cl)c4)C(=O)[C@@]23C)c1O. The lowest BCUT2D eigenvalue weighted by Gasteiger charge is -2.49. The van der Waals surface area contributed by atoms with E-state index >= 15 is 0 Å². The first-order valence-electron chi connectivity index (χ1n) is 16.6. The number of fused-ring (bicyclic) bond motifs is 4. The number of nitrogens with one attached hydrogen (secondary N) is 1. The minimum atomic E-state index is -1.36. The fourth-order valence-corrected chi connectivity index (χ4v) is 8.96. The van der Waals surface area contributed by atoms with E-state index in [0.29, 0.717) is 16.8 Å². The van der Waals surface area contributed by atoms with Crippen LogP contribution in [-0.4, -0.2) is 28.7 Å². The van der Waals surface area contributed by atoms with Crippen LogP contribution in [0, 0.1) is 41.8 Å². The summed E-state index contributed by atoms with van der Waals surface area (Å²) in [6.45, 7) is 3.49. The summed E-state index contributed by atoms with van der Waals surface area (Å²) in [5.41, 5.74) is 2.77. The smallest absolute Gasteiger partial charge is 0.241 e. The summed E-state index contributed by atoms with van der Waals surface area (Å²) in [4.78, 5) is 59.7. The van der Waals surface area contributed by atoms with Crippen molar-refractivity contribution in [2.24, 2.45) is 29.1 Å². The second-order valence-corrected chi connectivity index (χ2v) is 14.2. The van der Waals surface area contributed by atoms with Crippen LogP contribution in [-0.2, 0) is 19.2 Å². The van der Waals surface area contributed by atoms with Crippen molar-refractivity contribution >= 4 is 58.0 Å². The van der Waals surface area contributed by atoms with Gasteiger partial charge in [-0.15, -0.1) is 0 Å². The standard InChI is InChI=1S/C40H33ClFN3O5/c1-21-7-6-10-28(35(21)46)34-26-16-17-27-33(38(49)44(36(27)47)24-13-11-23(12-14-24)43-22-8-4-3-5-9-22)29(26)20-30-37(48)45(39(50)40(30,34)2)25-15-18-32(42)31(41)19-25/h3-16,18-19,27,29-30,33-34,43,46H,17,20H2,1-2H3/t27-,29+,30-,33-,34+,40+/m0/s1. The molecule has 0 aromatic heterocycles. The number of phenolic OH excluding ortho intramolecular Hbond substituents is 1. The Morgan fingerprint density at radius 2 is 1.52 bits per heavy atom. The number of carbonyl (C=O) groups is 4. The minimum Gasteiger partial charge on any atom is -0.507 e. The molecule has 8 rings (SSSR count). The van der Waals surface area contributed by atoms with Crippen LogP contribution in [0.4, 0.5) is 27.1 Å². The van der Waals surface area contributed by atoms with Crippen LogP contribution < -0.4 is 15.1 Å². The van der Waals surface area contributed by atoms with Crippen LogP contribution in [0.25, 0.3) is 0 Å². The summed E-state index contributed by atoms with van der Waals surface area (Å²) in [7, 11) is 0. The normalized spacial score (nSPS) is 27.2. The molecule has 1 saturated carbocycles. The molecule has 2 saturated heterocycles. The van der Waals surface area contributed by atoms with Gasteiger partial charge in [-0.1, -0.05) is 59.6 Å². The molecule has 0 unspecified atom stereocenters. The number of imide groups is 2. The number of allylic oxidation sites excluding steroid dienone is 2. The summed E-state index contributed by atoms with van der Waals surface area (Å²) in [6, 6.07) is 25.8. The molecular formula is C40H33ClFN3O5. The molecule has 2 N–H and O–H groups in total. The zero-order valence-electron chi connectivity index (χ0n) is 27.3. The van der Waals surface area contributed by atoms with Crippen LogP contribution in [0.1, 0.15) is 36.8 Å². The van der Waals surface area contributed by atoms with Crippen LogP contribution in [0.15, 0.2) is 103 Å². The van der Waals surface area contributed by atoms with Crippen LogP contribution in [0.5, 0.6) is 5.75 Å². The van der Waals surface area contributed by atoms with Gasteiger partial charge < -0.3 is 10.4 Å². The van der Waals surface area contributed by atoms with E-state index < -0.39 is 52.6 Å². The molecule has 0 bridgehead atoms. The molecule has 2 aliphatic heterocycles. The molecule has 252 valence electrons. The summed E-state index contributed by atoms with van der Waals surface area (Å²) in [5.74, 6) is -5.96. The van der Waals surface area contributed by atoms with Gasteiger partial charge in [-0.2, -0.15) is 0 Å². The van der Waals surface area contributed by atoms with E-state index in [1.165, 1.54) is 17.0 Å². The summed E-state index contributed by atoms with van der Waals surface area (Å²) in [5, 5.41) is 14.5. The van der Waals surface area contributed by atoms with Crippen molar-refractivity contribution in [1.82, 2.24) is 0 Å². The summed E-state index contributed by atoms with van der Waals surface area (Å²) >= 11 is 6.09. The fourth-order valence-electron chi connectivity index (χ4n) is 8.78. The number of aryl methyl sites for hydroxylation is 1. The number of hydrogen-bond acceptors (Lipinski definition) is 6. The maximum atomic E-state index is 14.6. The third-order valence-corrected chi connectivity index (χ3v) is 11.5. The predicted molar refractivity (Wildman–Crippen MR) is 188 cm³/mol. The molecule has 0 radical (unpaired) electrons. The van der Waals surface area contributed by atoms with Gasteiger partial charge in [0.2, 0.25) is 23.6 Å². The lowest BCUT2D eigenvalue weighted by molar-refractivity contribution is -0.131. The van der Waals surface area contributed by atoms with Gasteiger partial charge in [-0.3, -0.25) is 24.1 Å². The molecule has 8 nitrogen and oxygen atoms in total. The Balaban J connectivity index is 1.19. The van der Waals surface area contributed by atoms with E-state index in [9.17, 15) is 28.7 Å². The Hall–Kier alpha value is -5.28. The highest BCUT2D eigenvalue weighted by atomic mass is 35.5. The zero-order valence-corrected chi connectivity index (χ0v) is 28.0. The van der Waals surface area contributed by atoms with Gasteiger partial charge in [-0.05, 0) is 92.8 Å². The number of rotatable bonds is 5. The maximum Gasteiger partial charge on any atom is 0.241 e. The van der Waals surface area contributed by atoms with Crippen LogP contribution >= 0.6 is 11.6 Å². The van der Waals surface area contributed by atoms with Crippen LogP contribution in [0.2, 0.25) is 5.02 Å². The molecule has 10 heteroatoms. The van der Waals surface area contributed by atoms with Crippen molar-refractivity contribution in [2.75, 3.05) is 15.1 Å². The van der Waals surface area contributed by atoms with E-state index in [0.717, 1.165) is 27.9 Å². The highest BCUT2D eigenvalue weighted by Gasteiger charge is 2.68. The molecule has 6 atom stereocenters. The lowest BCUT2D eigenvalue weighted by Crippen LogP contribution is -2.49. The maximum absolute atomic E-state index is 14.6. The van der Waals surface area contributed by atoms with Gasteiger partial charge in [-0.25, -0.2) is 9.29 Å². The van der Waals surface area contributed by atoms with Gasteiger partial charge in [0.1, 0.15) is 11.6 Å². The van der Waals surface area contributed by atoms with E-state index in [2.05, 4.69) is 5.32 Å². The summed E-state index contributed by atoms with van der Waals surface area (Å²) < 4.78 is 14.2. The Morgan fingerprint density at radius 1 is 0.820 bits per heavy atom. The third-order valence-electron chi connectivity index (χ3n) is 11.2. The highest BCUT2D eigenvalue weighted by molar-refractivity contribution is 6.32. The van der Waals surface area contributed by atoms with Gasteiger partial charge >= 0.3 is 0 Å². The Bertz CT molecular complexity index is 2140. The number of para-hydroxylation sites is 2. The highest BCUT2D eigenvalue weighted by Crippen LogP contribution is 2.64. The first-order valence-corrected chi connectivity index (χ1v) is 17.0. The quantitative estimate of drug-likeness (QED) is 0.165. The number of nitrogens with zero attached hydrogens (tertiary/aromatic N) is 2. The largest absolute Gasteiger partial charge is 0.507 e.